The van der Waals surface area contributed by atoms with Gasteiger partial charge >= 0.3 is 0 Å². The Morgan fingerprint density at radius 3 is 2.87 bits per heavy atom. The summed E-state index contributed by atoms with van der Waals surface area (Å²) in [7, 11) is 3.24. The summed E-state index contributed by atoms with van der Waals surface area (Å²) in [5.74, 6) is 1.08. The van der Waals surface area contributed by atoms with Gasteiger partial charge in [0.05, 0.1) is 6.61 Å². The van der Waals surface area contributed by atoms with Crippen molar-refractivity contribution in [2.24, 2.45) is 5.73 Å². The van der Waals surface area contributed by atoms with Crippen LogP contribution in [0.5, 0.6) is 0 Å². The van der Waals surface area contributed by atoms with E-state index in [1.54, 1.807) is 14.2 Å². The Morgan fingerprint density at radius 2 is 2.20 bits per heavy atom. The maximum absolute atomic E-state index is 5.73. The van der Waals surface area contributed by atoms with Gasteiger partial charge in [-0.15, -0.1) is 0 Å². The van der Waals surface area contributed by atoms with Gasteiger partial charge in [0, 0.05) is 27.2 Å². The van der Waals surface area contributed by atoms with Crippen molar-refractivity contribution >= 4 is 0 Å². The highest BCUT2D eigenvalue weighted by molar-refractivity contribution is 4.91. The van der Waals surface area contributed by atoms with E-state index in [9.17, 15) is 0 Å². The highest BCUT2D eigenvalue weighted by atomic mass is 16.5. The topological polar surface area (TPSA) is 83.4 Å². The Bertz CT molecular complexity index is 277. The molecule has 0 radical (unpaired) electrons. The van der Waals surface area contributed by atoms with Crippen LogP contribution in [0.1, 0.15) is 24.2 Å². The van der Waals surface area contributed by atoms with Gasteiger partial charge in [-0.25, -0.2) is 0 Å². The molecule has 1 unspecified atom stereocenters. The fourth-order valence-electron chi connectivity index (χ4n) is 1.15. The first kappa shape index (κ1) is 12.1. The van der Waals surface area contributed by atoms with Crippen LogP contribution in [0.25, 0.3) is 0 Å². The summed E-state index contributed by atoms with van der Waals surface area (Å²) in [4.78, 5) is 4.16. The van der Waals surface area contributed by atoms with Gasteiger partial charge in [-0.3, -0.25) is 0 Å². The number of aromatic nitrogens is 2. The monoisotopic (exact) mass is 215 g/mol. The lowest BCUT2D eigenvalue weighted by molar-refractivity contribution is 0.166. The minimum Gasteiger partial charge on any atom is -0.385 e. The molecule has 0 aromatic carbocycles. The number of methoxy groups -OCH3 is 2. The maximum atomic E-state index is 5.73. The van der Waals surface area contributed by atoms with Crippen LogP contribution in [-0.4, -0.2) is 37.6 Å². The van der Waals surface area contributed by atoms with E-state index >= 15 is 0 Å². The molecule has 86 valence electrons. The number of nitrogens with zero attached hydrogens (tertiary/aromatic N) is 2. The number of hydrogen-bond acceptors (Lipinski definition) is 6. The highest BCUT2D eigenvalue weighted by Gasteiger charge is 2.13. The fraction of sp³-hybridized carbons (Fsp3) is 0.778. The van der Waals surface area contributed by atoms with Crippen molar-refractivity contribution in [1.29, 1.82) is 0 Å². The Kier molecular flexibility index (Phi) is 5.23. The van der Waals surface area contributed by atoms with Crippen molar-refractivity contribution in [1.82, 2.24) is 10.1 Å². The van der Waals surface area contributed by atoms with E-state index in [2.05, 4.69) is 10.1 Å². The number of hydrogen-bond donors (Lipinski definition) is 1. The molecule has 2 N–H and O–H groups in total. The van der Waals surface area contributed by atoms with E-state index < -0.39 is 0 Å². The van der Waals surface area contributed by atoms with Crippen LogP contribution in [0.4, 0.5) is 0 Å². The number of nitrogens with two attached hydrogens (primary N) is 1. The predicted octanol–water partition coefficient (Wildman–Crippen LogP) is 0.295. The van der Waals surface area contributed by atoms with Crippen LogP contribution >= 0.6 is 0 Å². The van der Waals surface area contributed by atoms with E-state index in [4.69, 9.17) is 19.7 Å². The molecule has 0 aliphatic heterocycles. The summed E-state index contributed by atoms with van der Waals surface area (Å²) in [5.41, 5.74) is 5.73. The summed E-state index contributed by atoms with van der Waals surface area (Å²) >= 11 is 0. The smallest absolute Gasteiger partial charge is 0.245 e. The molecule has 0 aliphatic rings. The van der Waals surface area contributed by atoms with Crippen LogP contribution in [0, 0.1) is 0 Å². The zero-order valence-corrected chi connectivity index (χ0v) is 9.10. The second-order valence-electron chi connectivity index (χ2n) is 3.21. The Hall–Kier alpha value is -0.980. The Balaban J connectivity index is 2.41. The average Bonchev–Trinajstić information content (AvgIpc) is 2.67. The van der Waals surface area contributed by atoms with Crippen LogP contribution in [0.3, 0.4) is 0 Å². The van der Waals surface area contributed by atoms with E-state index in [0.29, 0.717) is 24.9 Å². The lowest BCUT2D eigenvalue weighted by Crippen LogP contribution is -2.16. The van der Waals surface area contributed by atoms with Crippen molar-refractivity contribution in [3.05, 3.63) is 11.7 Å². The molecule has 0 saturated heterocycles. The molecular weight excluding hydrogens is 198 g/mol. The third-order valence-corrected chi connectivity index (χ3v) is 1.90. The van der Waals surface area contributed by atoms with E-state index in [-0.39, 0.29) is 6.04 Å². The number of rotatable bonds is 7. The van der Waals surface area contributed by atoms with Gasteiger partial charge in [0.2, 0.25) is 5.89 Å². The van der Waals surface area contributed by atoms with Crippen molar-refractivity contribution in [2.45, 2.75) is 18.9 Å². The fourth-order valence-corrected chi connectivity index (χ4v) is 1.15. The first-order chi connectivity index (χ1) is 7.27. The summed E-state index contributed by atoms with van der Waals surface area (Å²) in [6, 6.07) is -0.348. The molecule has 0 amide bonds. The second kappa shape index (κ2) is 6.49. The third kappa shape index (κ3) is 3.94. The number of aryl methyl sites for hydroxylation is 1. The lowest BCUT2D eigenvalue weighted by Gasteiger charge is -2.02. The molecule has 0 saturated carbocycles. The highest BCUT2D eigenvalue weighted by Crippen LogP contribution is 2.08. The molecule has 15 heavy (non-hydrogen) atoms. The minimum absolute atomic E-state index is 0.348. The standard InChI is InChI=1S/C9H17N3O3/c1-13-5-3-4-8-11-9(15-12-8)7(10)6-14-2/h7H,3-6,10H2,1-2H3. The molecule has 1 aromatic heterocycles. The van der Waals surface area contributed by atoms with E-state index in [0.717, 1.165) is 12.8 Å². The molecule has 6 heteroatoms. The van der Waals surface area contributed by atoms with Gasteiger partial charge in [-0.2, -0.15) is 4.98 Å². The quantitative estimate of drug-likeness (QED) is 0.658. The summed E-state index contributed by atoms with van der Waals surface area (Å²) in [6.07, 6.45) is 1.60. The van der Waals surface area contributed by atoms with Gasteiger partial charge in [0.1, 0.15) is 6.04 Å². The average molecular weight is 215 g/mol. The van der Waals surface area contributed by atoms with Gasteiger partial charge in [0.15, 0.2) is 5.82 Å². The first-order valence-electron chi connectivity index (χ1n) is 4.84. The van der Waals surface area contributed by atoms with Crippen molar-refractivity contribution in [3.8, 4) is 0 Å². The molecule has 0 aliphatic carbocycles. The van der Waals surface area contributed by atoms with Crippen LogP contribution < -0.4 is 5.73 Å². The molecule has 1 rings (SSSR count). The maximum Gasteiger partial charge on any atom is 0.245 e. The van der Waals surface area contributed by atoms with Crippen LogP contribution in [0.2, 0.25) is 0 Å². The normalized spacial score (nSPS) is 13.0. The summed E-state index contributed by atoms with van der Waals surface area (Å²) < 4.78 is 14.8. The second-order valence-corrected chi connectivity index (χ2v) is 3.21. The minimum atomic E-state index is -0.348. The van der Waals surface area contributed by atoms with Gasteiger partial charge < -0.3 is 19.7 Å². The van der Waals surface area contributed by atoms with Gasteiger partial charge in [0.25, 0.3) is 0 Å². The molecule has 1 aromatic rings. The van der Waals surface area contributed by atoms with Gasteiger partial charge in [-0.1, -0.05) is 5.16 Å². The SMILES string of the molecule is COCCCc1noc(C(N)COC)n1. The zero-order valence-electron chi connectivity index (χ0n) is 9.10. The molecule has 0 fully saturated rings. The summed E-state index contributed by atoms with van der Waals surface area (Å²) in [6.45, 7) is 1.06. The molecular formula is C9H17N3O3. The molecule has 1 atom stereocenters. The van der Waals surface area contributed by atoms with Gasteiger partial charge in [-0.05, 0) is 6.42 Å². The molecule has 1 heterocycles. The third-order valence-electron chi connectivity index (χ3n) is 1.90. The van der Waals surface area contributed by atoms with Crippen molar-refractivity contribution in [2.75, 3.05) is 27.4 Å². The summed E-state index contributed by atoms with van der Waals surface area (Å²) in [5, 5.41) is 3.81. The number of ether oxygens (including phenoxy) is 2. The van der Waals surface area contributed by atoms with Crippen molar-refractivity contribution < 1.29 is 14.0 Å². The van der Waals surface area contributed by atoms with Crippen LogP contribution in [0.15, 0.2) is 4.52 Å². The van der Waals surface area contributed by atoms with E-state index in [1.165, 1.54) is 0 Å². The Labute approximate surface area is 88.7 Å². The largest absolute Gasteiger partial charge is 0.385 e. The predicted molar refractivity (Wildman–Crippen MR) is 53.3 cm³/mol. The molecule has 0 spiro atoms. The lowest BCUT2D eigenvalue weighted by atomic mass is 10.3. The van der Waals surface area contributed by atoms with Crippen molar-refractivity contribution in [3.63, 3.8) is 0 Å². The first-order valence-corrected chi connectivity index (χ1v) is 4.84. The van der Waals surface area contributed by atoms with E-state index in [1.807, 2.05) is 0 Å². The molecule has 0 bridgehead atoms. The van der Waals surface area contributed by atoms with Crippen LogP contribution in [-0.2, 0) is 15.9 Å². The molecule has 6 nitrogen and oxygen atoms in total. The zero-order chi connectivity index (χ0) is 11.1. The Morgan fingerprint density at radius 1 is 1.40 bits per heavy atom.